The van der Waals surface area contributed by atoms with E-state index in [2.05, 4.69) is 17.1 Å². The molecule has 1 aromatic heterocycles. The average molecular weight is 499 g/mol. The SMILES string of the molecule is CCCCCCCCC(=O)N(CC(=O)N1CCCCC1c1nc(-c2cccc(OC)c2)no1)C(C)C. The van der Waals surface area contributed by atoms with Crippen LogP contribution >= 0.6 is 0 Å². The molecule has 1 aliphatic rings. The minimum atomic E-state index is -0.277. The number of carbonyl (C=O) groups excluding carboxylic acids is 2. The summed E-state index contributed by atoms with van der Waals surface area (Å²) >= 11 is 0. The van der Waals surface area contributed by atoms with Crippen molar-refractivity contribution >= 4 is 11.8 Å². The minimum absolute atomic E-state index is 0.0344. The average Bonchev–Trinajstić information content (AvgIpc) is 3.39. The molecule has 0 spiro atoms. The molecule has 1 unspecified atom stereocenters. The van der Waals surface area contributed by atoms with Crippen molar-refractivity contribution in [3.63, 3.8) is 0 Å². The Hall–Kier alpha value is -2.90. The van der Waals surface area contributed by atoms with Gasteiger partial charge in [0.2, 0.25) is 23.5 Å². The third-order valence-electron chi connectivity index (χ3n) is 6.87. The second-order valence-electron chi connectivity index (χ2n) is 9.92. The zero-order valence-electron chi connectivity index (χ0n) is 22.4. The number of likely N-dealkylation sites (tertiary alicyclic amines) is 1. The Kier molecular flexibility index (Phi) is 10.8. The van der Waals surface area contributed by atoms with Crippen LogP contribution in [-0.4, -0.2) is 58.0 Å². The largest absolute Gasteiger partial charge is 0.497 e. The van der Waals surface area contributed by atoms with Gasteiger partial charge < -0.3 is 19.1 Å². The van der Waals surface area contributed by atoms with Crippen LogP contribution in [0.4, 0.5) is 0 Å². The number of amides is 2. The summed E-state index contributed by atoms with van der Waals surface area (Å²) in [7, 11) is 1.62. The van der Waals surface area contributed by atoms with Crippen molar-refractivity contribution in [3.8, 4) is 17.1 Å². The number of carbonyl (C=O) groups is 2. The summed E-state index contributed by atoms with van der Waals surface area (Å²) in [6, 6.07) is 7.18. The van der Waals surface area contributed by atoms with Crippen LogP contribution in [0.1, 0.15) is 96.9 Å². The van der Waals surface area contributed by atoms with Crippen LogP contribution in [0, 0.1) is 0 Å². The lowest BCUT2D eigenvalue weighted by molar-refractivity contribution is -0.144. The predicted molar refractivity (Wildman–Crippen MR) is 139 cm³/mol. The van der Waals surface area contributed by atoms with Gasteiger partial charge in [0.1, 0.15) is 11.8 Å². The summed E-state index contributed by atoms with van der Waals surface area (Å²) in [5.41, 5.74) is 0.796. The minimum Gasteiger partial charge on any atom is -0.497 e. The normalized spacial score (nSPS) is 15.8. The smallest absolute Gasteiger partial charge is 0.249 e. The van der Waals surface area contributed by atoms with E-state index in [0.29, 0.717) is 30.4 Å². The van der Waals surface area contributed by atoms with Crippen molar-refractivity contribution in [2.24, 2.45) is 0 Å². The summed E-state index contributed by atoms with van der Waals surface area (Å²) in [6.45, 7) is 6.85. The van der Waals surface area contributed by atoms with Gasteiger partial charge in [-0.25, -0.2) is 0 Å². The molecule has 1 atom stereocenters. The molecule has 1 aliphatic heterocycles. The highest BCUT2D eigenvalue weighted by Crippen LogP contribution is 2.32. The molecule has 2 aromatic rings. The van der Waals surface area contributed by atoms with Crippen LogP contribution in [0.5, 0.6) is 5.75 Å². The highest BCUT2D eigenvalue weighted by Gasteiger charge is 2.34. The monoisotopic (exact) mass is 498 g/mol. The molecule has 0 aliphatic carbocycles. The highest BCUT2D eigenvalue weighted by molar-refractivity contribution is 5.85. The van der Waals surface area contributed by atoms with Gasteiger partial charge in [-0.15, -0.1) is 0 Å². The molecule has 198 valence electrons. The third kappa shape index (κ3) is 7.55. The standard InChI is InChI=1S/C28H42N4O4/c1-5-6-7-8-9-10-17-25(33)32(21(2)3)20-26(34)31-18-12-11-16-24(31)28-29-27(30-36-28)22-14-13-15-23(19-22)35-4/h13-15,19,21,24H,5-12,16-18,20H2,1-4H3. The van der Waals surface area contributed by atoms with Crippen molar-refractivity contribution in [2.45, 2.75) is 97.1 Å². The third-order valence-corrected chi connectivity index (χ3v) is 6.87. The van der Waals surface area contributed by atoms with Crippen molar-refractivity contribution in [3.05, 3.63) is 30.2 Å². The summed E-state index contributed by atoms with van der Waals surface area (Å²) in [5, 5.41) is 4.16. The topological polar surface area (TPSA) is 88.8 Å². The summed E-state index contributed by atoms with van der Waals surface area (Å²) in [6.07, 6.45) is 9.95. The van der Waals surface area contributed by atoms with E-state index in [4.69, 9.17) is 9.26 Å². The van der Waals surface area contributed by atoms with Crippen molar-refractivity contribution < 1.29 is 18.8 Å². The van der Waals surface area contributed by atoms with Gasteiger partial charge in [-0.3, -0.25) is 9.59 Å². The maximum absolute atomic E-state index is 13.4. The number of nitrogens with zero attached hydrogens (tertiary/aromatic N) is 4. The predicted octanol–water partition coefficient (Wildman–Crippen LogP) is 5.79. The summed E-state index contributed by atoms with van der Waals surface area (Å²) < 4.78 is 10.9. The van der Waals surface area contributed by atoms with Gasteiger partial charge in [-0.2, -0.15) is 4.98 Å². The summed E-state index contributed by atoms with van der Waals surface area (Å²) in [5.74, 6) is 1.62. The maximum Gasteiger partial charge on any atom is 0.249 e. The van der Waals surface area contributed by atoms with Crippen LogP contribution in [0.15, 0.2) is 28.8 Å². The Labute approximate surface area is 215 Å². The zero-order valence-corrected chi connectivity index (χ0v) is 22.4. The van der Waals surface area contributed by atoms with Gasteiger partial charge in [0.05, 0.1) is 13.7 Å². The number of unbranched alkanes of at least 4 members (excludes halogenated alkanes) is 5. The van der Waals surface area contributed by atoms with Gasteiger partial charge in [0, 0.05) is 24.6 Å². The Morgan fingerprint density at radius 1 is 1.17 bits per heavy atom. The summed E-state index contributed by atoms with van der Waals surface area (Å²) in [4.78, 5) is 34.6. The molecule has 1 aromatic carbocycles. The van der Waals surface area contributed by atoms with Crippen molar-refractivity contribution in [1.82, 2.24) is 19.9 Å². The molecule has 0 saturated carbocycles. The van der Waals surface area contributed by atoms with Gasteiger partial charge in [-0.1, -0.05) is 56.3 Å². The number of hydrogen-bond donors (Lipinski definition) is 0. The Morgan fingerprint density at radius 2 is 1.94 bits per heavy atom. The molecule has 0 radical (unpaired) electrons. The van der Waals surface area contributed by atoms with Crippen LogP contribution in [0.25, 0.3) is 11.4 Å². The molecule has 3 rings (SSSR count). The van der Waals surface area contributed by atoms with Crippen LogP contribution in [0.2, 0.25) is 0 Å². The molecule has 0 N–H and O–H groups in total. The molecule has 8 heteroatoms. The van der Waals surface area contributed by atoms with Crippen LogP contribution in [-0.2, 0) is 9.59 Å². The highest BCUT2D eigenvalue weighted by atomic mass is 16.5. The lowest BCUT2D eigenvalue weighted by Gasteiger charge is -2.36. The Bertz CT molecular complexity index is 974. The number of methoxy groups -OCH3 is 1. The zero-order chi connectivity index (χ0) is 25.9. The second kappa shape index (κ2) is 14.0. The molecule has 2 amide bonds. The molecule has 8 nitrogen and oxygen atoms in total. The van der Waals surface area contributed by atoms with Gasteiger partial charge in [0.25, 0.3) is 0 Å². The quantitative estimate of drug-likeness (QED) is 0.325. The molecule has 1 fully saturated rings. The molecule has 2 heterocycles. The lowest BCUT2D eigenvalue weighted by atomic mass is 10.0. The van der Waals surface area contributed by atoms with E-state index in [9.17, 15) is 9.59 Å². The van der Waals surface area contributed by atoms with Crippen molar-refractivity contribution in [2.75, 3.05) is 20.2 Å². The first-order chi connectivity index (χ1) is 17.4. The Balaban J connectivity index is 1.64. The number of piperidine rings is 1. The second-order valence-corrected chi connectivity index (χ2v) is 9.92. The maximum atomic E-state index is 13.4. The fourth-order valence-electron chi connectivity index (χ4n) is 4.73. The fraction of sp³-hybridized carbons (Fsp3) is 0.643. The molecule has 36 heavy (non-hydrogen) atoms. The van der Waals surface area contributed by atoms with Crippen LogP contribution in [0.3, 0.4) is 0 Å². The molecule has 1 saturated heterocycles. The Morgan fingerprint density at radius 3 is 2.69 bits per heavy atom. The lowest BCUT2D eigenvalue weighted by Crippen LogP contribution is -2.48. The van der Waals surface area contributed by atoms with Gasteiger partial charge in [-0.05, 0) is 51.7 Å². The molecular formula is C28H42N4O4. The number of rotatable bonds is 13. The van der Waals surface area contributed by atoms with E-state index in [1.54, 1.807) is 12.0 Å². The first-order valence-electron chi connectivity index (χ1n) is 13.5. The van der Waals surface area contributed by atoms with E-state index >= 15 is 0 Å². The number of ether oxygens (including phenoxy) is 1. The van der Waals surface area contributed by atoms with Gasteiger partial charge in [0.15, 0.2) is 0 Å². The molecule has 0 bridgehead atoms. The van der Waals surface area contributed by atoms with Gasteiger partial charge >= 0.3 is 0 Å². The number of benzene rings is 1. The first kappa shape index (κ1) is 27.7. The van der Waals surface area contributed by atoms with E-state index in [1.165, 1.54) is 25.7 Å². The first-order valence-corrected chi connectivity index (χ1v) is 13.5. The van der Waals surface area contributed by atoms with E-state index in [-0.39, 0.29) is 30.4 Å². The number of hydrogen-bond acceptors (Lipinski definition) is 6. The molecular weight excluding hydrogens is 456 g/mol. The fourth-order valence-corrected chi connectivity index (χ4v) is 4.73. The van der Waals surface area contributed by atoms with Crippen LogP contribution < -0.4 is 4.74 Å². The van der Waals surface area contributed by atoms with E-state index in [1.807, 2.05) is 43.0 Å². The van der Waals surface area contributed by atoms with Crippen molar-refractivity contribution in [1.29, 1.82) is 0 Å². The number of aromatic nitrogens is 2. The van der Waals surface area contributed by atoms with E-state index in [0.717, 1.165) is 37.7 Å². The van der Waals surface area contributed by atoms with E-state index < -0.39 is 0 Å².